The monoisotopic (exact) mass is 706 g/mol. The highest BCUT2D eigenvalue weighted by atomic mass is 16.7. The summed E-state index contributed by atoms with van der Waals surface area (Å²) in [4.78, 5) is 25.9. The van der Waals surface area contributed by atoms with E-state index in [-0.39, 0.29) is 54.8 Å². The maximum Gasteiger partial charge on any atom is 0.311 e. The quantitative estimate of drug-likeness (QED) is 0.167. The van der Waals surface area contributed by atoms with Crippen molar-refractivity contribution in [2.75, 3.05) is 0 Å². The summed E-state index contributed by atoms with van der Waals surface area (Å²) in [5.41, 5.74) is 1.91. The molecule has 2 bridgehead atoms. The molecule has 10 heteroatoms. The van der Waals surface area contributed by atoms with Gasteiger partial charge >= 0.3 is 5.97 Å². The molecule has 0 aromatic heterocycles. The predicted molar refractivity (Wildman–Crippen MR) is 192 cm³/mol. The number of ether oxygens (including phenoxy) is 4. The number of aliphatic hydroxyl groups excluding tert-OH is 3. The SMILES string of the molecule is CCC(=O)[C@H](C)[C@H](O)[C@H](C)C[C@H](C)[C@@H]1OC(=O)C[C@]2(O)CC=C(C)[C@H](O2)/C(C)=C/CCC[C@H](O[C@H]2C[C@@H](O)[C@H](O)[C@@H](C)O2)/C=C/[C@@H](C)C[C@@H]1C. The van der Waals surface area contributed by atoms with E-state index >= 15 is 0 Å². The number of aliphatic hydroxyl groups is 4. The first-order valence-electron chi connectivity index (χ1n) is 18.9. The fourth-order valence-electron chi connectivity index (χ4n) is 7.82. The van der Waals surface area contributed by atoms with E-state index in [0.29, 0.717) is 25.7 Å². The summed E-state index contributed by atoms with van der Waals surface area (Å²) in [5, 5.41) is 43.0. The molecule has 3 aliphatic rings. The zero-order valence-electron chi connectivity index (χ0n) is 31.9. The standard InChI is InChI=1S/C40H66O10/c1-10-32(41)29(8)36(44)26(5)20-28(7)38-27(6)19-23(2)15-16-31(48-35-21-33(42)37(45)30(9)47-35)14-12-11-13-24(3)39-25(4)17-18-40(46,50-39)22-34(43)49-38/h13,15-17,23,26-31,33,35-39,42,44-46H,10-12,14,18-22H2,1-9H3/b16-15+,24-13+/t23-,26-,27+,28+,29+,30-,31+,33-,35+,36-,37-,38-,39-,40+/m1/s1. The van der Waals surface area contributed by atoms with Gasteiger partial charge in [-0.3, -0.25) is 9.59 Å². The number of esters is 1. The molecule has 0 radical (unpaired) electrons. The Hall–Kier alpha value is -1.92. The van der Waals surface area contributed by atoms with Gasteiger partial charge < -0.3 is 39.4 Å². The van der Waals surface area contributed by atoms with Crippen molar-refractivity contribution in [2.45, 2.75) is 175 Å². The Kier molecular flexibility index (Phi) is 16.4. The number of Topliss-reactive ketones (excluding diaryl/α,β-unsaturated/α-hetero) is 1. The lowest BCUT2D eigenvalue weighted by molar-refractivity contribution is -0.254. The topological polar surface area (TPSA) is 152 Å². The molecule has 3 heterocycles. The van der Waals surface area contributed by atoms with Gasteiger partial charge in [0.05, 0.1) is 30.8 Å². The number of rotatable bonds is 9. The van der Waals surface area contributed by atoms with Crippen LogP contribution >= 0.6 is 0 Å². The second-order valence-electron chi connectivity index (χ2n) is 15.7. The molecule has 50 heavy (non-hydrogen) atoms. The van der Waals surface area contributed by atoms with Crippen LogP contribution in [0.3, 0.4) is 0 Å². The zero-order chi connectivity index (χ0) is 37.3. The molecule has 0 spiro atoms. The van der Waals surface area contributed by atoms with Crippen LogP contribution in [0.2, 0.25) is 0 Å². The maximum atomic E-state index is 13.6. The van der Waals surface area contributed by atoms with Gasteiger partial charge in [0.15, 0.2) is 12.1 Å². The van der Waals surface area contributed by atoms with Gasteiger partial charge in [0.25, 0.3) is 0 Å². The maximum absolute atomic E-state index is 13.6. The number of carbonyl (C=O) groups excluding carboxylic acids is 2. The van der Waals surface area contributed by atoms with Gasteiger partial charge in [-0.1, -0.05) is 65.8 Å². The highest BCUT2D eigenvalue weighted by Crippen LogP contribution is 2.35. The number of cyclic esters (lactones) is 1. The molecule has 1 fully saturated rings. The lowest BCUT2D eigenvalue weighted by atomic mass is 9.79. The number of carbonyl (C=O) groups is 2. The largest absolute Gasteiger partial charge is 0.462 e. The Labute approximate surface area is 300 Å². The van der Waals surface area contributed by atoms with Crippen LogP contribution in [-0.4, -0.2) is 87.0 Å². The highest BCUT2D eigenvalue weighted by molar-refractivity contribution is 5.80. The fraction of sp³-hybridized carbons (Fsp3) is 0.800. The fourth-order valence-corrected chi connectivity index (χ4v) is 7.82. The minimum Gasteiger partial charge on any atom is -0.462 e. The molecule has 4 N–H and O–H groups in total. The van der Waals surface area contributed by atoms with Crippen molar-refractivity contribution >= 4 is 11.8 Å². The van der Waals surface area contributed by atoms with Crippen LogP contribution in [0.1, 0.15) is 120 Å². The first kappa shape index (κ1) is 42.5. The second kappa shape index (κ2) is 19.2. The van der Waals surface area contributed by atoms with Crippen LogP contribution in [0.5, 0.6) is 0 Å². The summed E-state index contributed by atoms with van der Waals surface area (Å²) in [6.45, 7) is 17.3. The Bertz CT molecular complexity index is 1180. The van der Waals surface area contributed by atoms with E-state index in [4.69, 9.17) is 18.9 Å². The molecule has 1 saturated heterocycles. The summed E-state index contributed by atoms with van der Waals surface area (Å²) in [6, 6.07) is 0. The molecule has 3 rings (SSSR count). The number of allylic oxidation sites excluding steroid dienone is 2. The summed E-state index contributed by atoms with van der Waals surface area (Å²) >= 11 is 0. The minimum absolute atomic E-state index is 0.0163. The van der Waals surface area contributed by atoms with Gasteiger partial charge in [-0.2, -0.15) is 0 Å². The normalized spacial score (nSPS) is 39.3. The van der Waals surface area contributed by atoms with Gasteiger partial charge in [-0.05, 0) is 87.7 Å². The summed E-state index contributed by atoms with van der Waals surface area (Å²) < 4.78 is 24.7. The zero-order valence-corrected chi connectivity index (χ0v) is 31.9. The molecule has 0 aromatic rings. The van der Waals surface area contributed by atoms with Crippen molar-refractivity contribution in [2.24, 2.45) is 29.6 Å². The van der Waals surface area contributed by atoms with Crippen molar-refractivity contribution < 1.29 is 49.0 Å². The Balaban J connectivity index is 1.88. The van der Waals surface area contributed by atoms with E-state index in [0.717, 1.165) is 24.0 Å². The third-order valence-electron chi connectivity index (χ3n) is 11.0. The van der Waals surface area contributed by atoms with E-state index in [1.165, 1.54) is 0 Å². The Morgan fingerprint density at radius 2 is 1.74 bits per heavy atom. The third kappa shape index (κ3) is 12.1. The average Bonchev–Trinajstić information content (AvgIpc) is 3.05. The lowest BCUT2D eigenvalue weighted by Crippen LogP contribution is -2.48. The smallest absolute Gasteiger partial charge is 0.311 e. The first-order valence-corrected chi connectivity index (χ1v) is 18.9. The van der Waals surface area contributed by atoms with E-state index in [1.807, 2.05) is 33.8 Å². The van der Waals surface area contributed by atoms with Gasteiger partial charge in [0, 0.05) is 25.2 Å². The van der Waals surface area contributed by atoms with Crippen LogP contribution in [-0.2, 0) is 28.5 Å². The molecule has 0 aromatic carbocycles. The predicted octanol–water partition coefficient (Wildman–Crippen LogP) is 5.94. The number of fused-ring (bicyclic) bond motifs is 2. The summed E-state index contributed by atoms with van der Waals surface area (Å²) in [6.07, 6.45) is 6.93. The molecule has 14 atom stereocenters. The van der Waals surface area contributed by atoms with E-state index < -0.39 is 60.6 Å². The van der Waals surface area contributed by atoms with Crippen molar-refractivity contribution in [3.63, 3.8) is 0 Å². The van der Waals surface area contributed by atoms with E-state index in [1.54, 1.807) is 20.8 Å². The summed E-state index contributed by atoms with van der Waals surface area (Å²) in [5.74, 6) is -3.05. The minimum atomic E-state index is -1.71. The van der Waals surface area contributed by atoms with Crippen molar-refractivity contribution in [1.82, 2.24) is 0 Å². The van der Waals surface area contributed by atoms with Crippen molar-refractivity contribution in [3.8, 4) is 0 Å². The van der Waals surface area contributed by atoms with Crippen LogP contribution < -0.4 is 0 Å². The lowest BCUT2D eigenvalue weighted by Gasteiger charge is -2.38. The highest BCUT2D eigenvalue weighted by Gasteiger charge is 2.40. The van der Waals surface area contributed by atoms with Gasteiger partial charge in [0.1, 0.15) is 24.1 Å². The second-order valence-corrected chi connectivity index (χ2v) is 15.7. The van der Waals surface area contributed by atoms with Crippen LogP contribution in [0, 0.1) is 29.6 Å². The van der Waals surface area contributed by atoms with E-state index in [9.17, 15) is 30.0 Å². The third-order valence-corrected chi connectivity index (χ3v) is 11.0. The van der Waals surface area contributed by atoms with Crippen LogP contribution in [0.15, 0.2) is 35.5 Å². The van der Waals surface area contributed by atoms with Crippen molar-refractivity contribution in [1.29, 1.82) is 0 Å². The van der Waals surface area contributed by atoms with Gasteiger partial charge in [0.2, 0.25) is 0 Å². The average molecular weight is 707 g/mol. The molecular formula is C40H66O10. The first-order chi connectivity index (χ1) is 23.4. The number of hydrogen-bond donors (Lipinski definition) is 4. The molecule has 0 unspecified atom stereocenters. The number of ketones is 1. The summed E-state index contributed by atoms with van der Waals surface area (Å²) in [7, 11) is 0. The molecule has 3 aliphatic heterocycles. The van der Waals surface area contributed by atoms with Crippen LogP contribution in [0.4, 0.5) is 0 Å². The van der Waals surface area contributed by atoms with E-state index in [2.05, 4.69) is 32.1 Å². The number of hydrogen-bond acceptors (Lipinski definition) is 10. The molecular weight excluding hydrogens is 640 g/mol. The molecule has 10 nitrogen and oxygen atoms in total. The Morgan fingerprint density at radius 1 is 1.06 bits per heavy atom. The van der Waals surface area contributed by atoms with Crippen molar-refractivity contribution in [3.05, 3.63) is 35.5 Å². The Morgan fingerprint density at radius 3 is 2.40 bits per heavy atom. The molecule has 0 amide bonds. The van der Waals surface area contributed by atoms with Crippen LogP contribution in [0.25, 0.3) is 0 Å². The molecule has 0 aliphatic carbocycles. The molecule has 0 saturated carbocycles. The van der Waals surface area contributed by atoms with Gasteiger partial charge in [-0.25, -0.2) is 0 Å². The molecule has 286 valence electrons. The van der Waals surface area contributed by atoms with Gasteiger partial charge in [-0.15, -0.1) is 0 Å².